The average Bonchev–Trinajstić information content (AvgIpc) is 2.94. The Morgan fingerprint density at radius 3 is 2.19 bits per heavy atom. The van der Waals surface area contributed by atoms with Crippen molar-refractivity contribution in [1.29, 1.82) is 0 Å². The van der Waals surface area contributed by atoms with Gasteiger partial charge in [0.05, 0.1) is 10.7 Å². The van der Waals surface area contributed by atoms with Crippen molar-refractivity contribution in [1.82, 2.24) is 4.90 Å². The molecule has 5 aliphatic rings. The van der Waals surface area contributed by atoms with Crippen molar-refractivity contribution in [2.24, 2.45) is 23.2 Å². The maximum absolute atomic E-state index is 12.7. The minimum atomic E-state index is -0.371. The van der Waals surface area contributed by atoms with E-state index >= 15 is 0 Å². The molecule has 5 fully saturated rings. The van der Waals surface area contributed by atoms with Crippen LogP contribution in [0.25, 0.3) is 0 Å². The number of carbonyl (C=O) groups is 1. The Balaban J connectivity index is 1.38. The van der Waals surface area contributed by atoms with E-state index in [9.17, 15) is 14.9 Å². The van der Waals surface area contributed by atoms with Crippen molar-refractivity contribution in [3.05, 3.63) is 39.9 Å². The molecule has 6 rings (SSSR count). The van der Waals surface area contributed by atoms with Crippen molar-refractivity contribution in [3.8, 4) is 0 Å². The first-order chi connectivity index (χ1) is 12.5. The van der Waals surface area contributed by atoms with Gasteiger partial charge in [-0.2, -0.15) is 0 Å². The molecule has 1 amide bonds. The van der Waals surface area contributed by atoms with E-state index in [1.54, 1.807) is 23.9 Å². The summed E-state index contributed by atoms with van der Waals surface area (Å²) in [6, 6.07) is 6.76. The molecule has 0 radical (unpaired) electrons. The maximum Gasteiger partial charge on any atom is 0.269 e. The van der Waals surface area contributed by atoms with Gasteiger partial charge in [0, 0.05) is 18.7 Å². The second kappa shape index (κ2) is 5.98. The van der Waals surface area contributed by atoms with Crippen LogP contribution in [0.1, 0.15) is 49.5 Å². The summed E-state index contributed by atoms with van der Waals surface area (Å²) in [5.74, 6) is 3.39. The number of amides is 1. The number of nitrogens with zero attached hydrogens (tertiary/aromatic N) is 2. The van der Waals surface area contributed by atoms with Gasteiger partial charge in [0.25, 0.3) is 5.69 Å². The number of hydrogen-bond donors (Lipinski definition) is 0. The summed E-state index contributed by atoms with van der Waals surface area (Å²) >= 11 is 1.66. The largest absolute Gasteiger partial charge is 0.325 e. The number of carbonyl (C=O) groups excluding carboxylic acids is 1. The predicted octanol–water partition coefficient (Wildman–Crippen LogP) is 4.39. The van der Waals surface area contributed by atoms with Gasteiger partial charge in [-0.05, 0) is 79.4 Å². The molecule has 6 heteroatoms. The highest BCUT2D eigenvalue weighted by Gasteiger charge is 2.52. The third-order valence-electron chi connectivity index (χ3n) is 7.03. The summed E-state index contributed by atoms with van der Waals surface area (Å²) in [5.41, 5.74) is 1.45. The van der Waals surface area contributed by atoms with Crippen molar-refractivity contribution < 1.29 is 9.72 Å². The molecule has 0 N–H and O–H groups in total. The van der Waals surface area contributed by atoms with E-state index in [0.29, 0.717) is 11.2 Å². The van der Waals surface area contributed by atoms with Gasteiger partial charge in [-0.1, -0.05) is 0 Å². The van der Waals surface area contributed by atoms with Gasteiger partial charge < -0.3 is 4.90 Å². The fourth-order valence-electron chi connectivity index (χ4n) is 6.51. The standard InChI is InChI=1S/C20H24N2O3S/c23-18-11-26-19(16-1-3-17(4-2-16)22(24)25)21(18)12-20-8-13-5-14(9-20)7-15(6-13)10-20/h1-4,13-15,19H,5-12H2/t13?,14?,15?,19-,20?/m0/s1. The van der Waals surface area contributed by atoms with Crippen LogP contribution in [0.4, 0.5) is 5.69 Å². The third-order valence-corrected chi connectivity index (χ3v) is 8.28. The number of benzene rings is 1. The van der Waals surface area contributed by atoms with Crippen LogP contribution in [-0.2, 0) is 4.79 Å². The molecule has 138 valence electrons. The highest BCUT2D eigenvalue weighted by Crippen LogP contribution is 2.61. The third kappa shape index (κ3) is 2.73. The topological polar surface area (TPSA) is 63.4 Å². The minimum absolute atomic E-state index is 0.0105. The number of thioether (sulfide) groups is 1. The van der Waals surface area contributed by atoms with E-state index < -0.39 is 0 Å². The van der Waals surface area contributed by atoms with Crippen LogP contribution in [0, 0.1) is 33.3 Å². The van der Waals surface area contributed by atoms with Crippen molar-refractivity contribution >= 4 is 23.4 Å². The zero-order valence-electron chi connectivity index (χ0n) is 14.8. The Hall–Kier alpha value is -1.56. The van der Waals surface area contributed by atoms with Crippen LogP contribution in [0.2, 0.25) is 0 Å². The van der Waals surface area contributed by atoms with Gasteiger partial charge in [0.1, 0.15) is 5.37 Å². The molecular weight excluding hydrogens is 348 g/mol. The fourth-order valence-corrected chi connectivity index (χ4v) is 7.69. The van der Waals surface area contributed by atoms with Crippen molar-refractivity contribution in [2.45, 2.75) is 43.9 Å². The van der Waals surface area contributed by atoms with Gasteiger partial charge in [-0.25, -0.2) is 0 Å². The SMILES string of the molecule is O=C1CS[C@@H](c2ccc([N+](=O)[O-])cc2)N1CC12CC3CC(CC(C3)C1)C2. The Bertz CT molecular complexity index is 713. The van der Waals surface area contributed by atoms with Crippen LogP contribution >= 0.6 is 11.8 Å². The molecule has 1 aromatic rings. The highest BCUT2D eigenvalue weighted by atomic mass is 32.2. The summed E-state index contributed by atoms with van der Waals surface area (Å²) in [6.45, 7) is 0.879. The molecule has 4 saturated carbocycles. The van der Waals surface area contributed by atoms with Gasteiger partial charge in [0.2, 0.25) is 5.91 Å². The second-order valence-electron chi connectivity index (χ2n) is 8.95. The molecule has 4 bridgehead atoms. The lowest BCUT2D eigenvalue weighted by Crippen LogP contribution is -2.51. The van der Waals surface area contributed by atoms with E-state index in [-0.39, 0.29) is 21.9 Å². The van der Waals surface area contributed by atoms with E-state index in [0.717, 1.165) is 29.9 Å². The minimum Gasteiger partial charge on any atom is -0.325 e. The summed E-state index contributed by atoms with van der Waals surface area (Å²) in [5, 5.41) is 10.9. The molecule has 5 nitrogen and oxygen atoms in total. The lowest BCUT2D eigenvalue weighted by molar-refractivity contribution is -0.384. The number of nitro benzene ring substituents is 1. The Kier molecular flexibility index (Phi) is 3.82. The number of nitro groups is 1. The zero-order chi connectivity index (χ0) is 17.9. The lowest BCUT2D eigenvalue weighted by Gasteiger charge is -2.58. The number of hydrogen-bond acceptors (Lipinski definition) is 4. The summed E-state index contributed by atoms with van der Waals surface area (Å²) in [6.07, 6.45) is 8.11. The fraction of sp³-hybridized carbons (Fsp3) is 0.650. The Labute approximate surface area is 157 Å². The maximum atomic E-state index is 12.7. The first-order valence-electron chi connectivity index (χ1n) is 9.67. The monoisotopic (exact) mass is 372 g/mol. The Morgan fingerprint density at radius 1 is 1.08 bits per heavy atom. The zero-order valence-corrected chi connectivity index (χ0v) is 15.6. The van der Waals surface area contributed by atoms with Gasteiger partial charge >= 0.3 is 0 Å². The van der Waals surface area contributed by atoms with E-state index in [1.165, 1.54) is 38.5 Å². The highest BCUT2D eigenvalue weighted by molar-refractivity contribution is 8.00. The molecule has 1 saturated heterocycles. The van der Waals surface area contributed by atoms with Crippen molar-refractivity contribution in [3.63, 3.8) is 0 Å². The van der Waals surface area contributed by atoms with Crippen LogP contribution in [0.5, 0.6) is 0 Å². The summed E-state index contributed by atoms with van der Waals surface area (Å²) < 4.78 is 0. The smallest absolute Gasteiger partial charge is 0.269 e. The van der Waals surface area contributed by atoms with Gasteiger partial charge in [-0.15, -0.1) is 11.8 Å². The van der Waals surface area contributed by atoms with E-state index in [2.05, 4.69) is 4.90 Å². The first-order valence-corrected chi connectivity index (χ1v) is 10.7. The molecule has 4 aliphatic carbocycles. The van der Waals surface area contributed by atoms with Crippen LogP contribution < -0.4 is 0 Å². The number of rotatable bonds is 4. The van der Waals surface area contributed by atoms with Crippen molar-refractivity contribution in [2.75, 3.05) is 12.3 Å². The predicted molar refractivity (Wildman–Crippen MR) is 101 cm³/mol. The molecule has 1 aromatic carbocycles. The van der Waals surface area contributed by atoms with Gasteiger partial charge in [0.15, 0.2) is 0 Å². The molecule has 1 aliphatic heterocycles. The van der Waals surface area contributed by atoms with E-state index in [4.69, 9.17) is 0 Å². The molecule has 0 aromatic heterocycles. The van der Waals surface area contributed by atoms with Crippen LogP contribution in [0.3, 0.4) is 0 Å². The molecule has 1 heterocycles. The average molecular weight is 372 g/mol. The molecule has 0 unspecified atom stereocenters. The molecule has 0 spiro atoms. The quantitative estimate of drug-likeness (QED) is 0.581. The van der Waals surface area contributed by atoms with Crippen LogP contribution in [-0.4, -0.2) is 28.0 Å². The first kappa shape index (κ1) is 16.6. The normalized spacial score (nSPS) is 38.2. The van der Waals surface area contributed by atoms with E-state index in [1.807, 2.05) is 12.1 Å². The summed E-state index contributed by atoms with van der Waals surface area (Å²) in [4.78, 5) is 25.3. The molecular formula is C20H24N2O3S. The summed E-state index contributed by atoms with van der Waals surface area (Å²) in [7, 11) is 0. The van der Waals surface area contributed by atoms with Crippen LogP contribution in [0.15, 0.2) is 24.3 Å². The van der Waals surface area contributed by atoms with Gasteiger partial charge in [-0.3, -0.25) is 14.9 Å². The molecule has 26 heavy (non-hydrogen) atoms. The second-order valence-corrected chi connectivity index (χ2v) is 10.0. The Morgan fingerprint density at radius 2 is 1.65 bits per heavy atom. The number of non-ortho nitro benzene ring substituents is 1. The lowest BCUT2D eigenvalue weighted by atomic mass is 9.49. The molecule has 1 atom stereocenters.